The van der Waals surface area contributed by atoms with Crippen LogP contribution >= 0.6 is 0 Å². The molecule has 0 aliphatic carbocycles. The fourth-order valence-corrected chi connectivity index (χ4v) is 3.63. The summed E-state index contributed by atoms with van der Waals surface area (Å²) >= 11 is 0. The zero-order valence-corrected chi connectivity index (χ0v) is 19.3. The molecule has 4 heteroatoms. The number of carboxylic acids is 1. The fourth-order valence-electron chi connectivity index (χ4n) is 3.63. The maximum atomic E-state index is 12.1. The zero-order valence-electron chi connectivity index (χ0n) is 19.3. The summed E-state index contributed by atoms with van der Waals surface area (Å²) in [5.74, 6) is -1.66. The molecule has 0 aliphatic heterocycles. The number of rotatable bonds is 21. The van der Waals surface area contributed by atoms with Crippen LogP contribution in [0.15, 0.2) is 0 Å². The van der Waals surface area contributed by atoms with Gasteiger partial charge < -0.3 is 5.11 Å². The third-order valence-corrected chi connectivity index (χ3v) is 5.77. The molecule has 0 radical (unpaired) electrons. The molecule has 1 N–H and O–H groups in total. The largest absolute Gasteiger partial charge is 0.481 e. The molecule has 0 saturated heterocycles. The Morgan fingerprint density at radius 2 is 1.14 bits per heavy atom. The molecule has 0 aromatic heterocycles. The first-order valence-corrected chi connectivity index (χ1v) is 12.2. The lowest BCUT2D eigenvalue weighted by atomic mass is 9.92. The smallest absolute Gasteiger partial charge is 0.306 e. The second-order valence-electron chi connectivity index (χ2n) is 8.93. The molecule has 0 aromatic rings. The Hall–Kier alpha value is -1.19. The molecule has 4 nitrogen and oxygen atoms in total. The summed E-state index contributed by atoms with van der Waals surface area (Å²) in [4.78, 5) is 35.1. The molecule has 0 amide bonds. The molecule has 0 saturated carbocycles. The normalized spacial score (nSPS) is 12.3. The van der Waals surface area contributed by atoms with Gasteiger partial charge in [0.2, 0.25) is 0 Å². The highest BCUT2D eigenvalue weighted by atomic mass is 16.4. The van der Waals surface area contributed by atoms with E-state index in [1.54, 1.807) is 0 Å². The van der Waals surface area contributed by atoms with Crippen molar-refractivity contribution in [3.05, 3.63) is 0 Å². The van der Waals surface area contributed by atoms with Gasteiger partial charge >= 0.3 is 5.97 Å². The minimum absolute atomic E-state index is 0.0254. The average Bonchev–Trinajstić information content (AvgIpc) is 2.68. The first-order chi connectivity index (χ1) is 13.9. The van der Waals surface area contributed by atoms with Crippen LogP contribution in [0.25, 0.3) is 0 Å². The summed E-state index contributed by atoms with van der Waals surface area (Å²) in [5, 5.41) is 9.29. The molecule has 0 spiro atoms. The first kappa shape index (κ1) is 27.8. The Morgan fingerprint density at radius 3 is 1.55 bits per heavy atom. The average molecular weight is 411 g/mol. The highest BCUT2D eigenvalue weighted by Crippen LogP contribution is 2.17. The van der Waals surface area contributed by atoms with Gasteiger partial charge in [-0.25, -0.2) is 0 Å². The summed E-state index contributed by atoms with van der Waals surface area (Å²) in [5.41, 5.74) is 0. The number of carbonyl (C=O) groups is 3. The molecule has 1 atom stereocenters. The summed E-state index contributed by atoms with van der Waals surface area (Å²) < 4.78 is 0. The summed E-state index contributed by atoms with van der Waals surface area (Å²) in [6, 6.07) is 0. The van der Waals surface area contributed by atoms with Crippen LogP contribution in [0.3, 0.4) is 0 Å². The topological polar surface area (TPSA) is 71.4 Å². The van der Waals surface area contributed by atoms with E-state index in [2.05, 4.69) is 6.92 Å². The van der Waals surface area contributed by atoms with Crippen LogP contribution < -0.4 is 0 Å². The molecule has 0 aliphatic rings. The molecule has 170 valence electrons. The molecular formula is C25H46O4. The van der Waals surface area contributed by atoms with E-state index in [4.69, 9.17) is 0 Å². The van der Waals surface area contributed by atoms with Gasteiger partial charge in [0.1, 0.15) is 11.6 Å². The van der Waals surface area contributed by atoms with Crippen molar-refractivity contribution in [2.24, 2.45) is 11.8 Å². The van der Waals surface area contributed by atoms with E-state index >= 15 is 0 Å². The standard InChI is InChI=1S/C25H46O4/c1-4-5-6-7-8-9-10-11-12-13-14-15-16-17-23(26)20-22(25(28)29)18-19-24(27)21(2)3/h21-22H,4-20H2,1-3H3,(H,28,29)/t22-/m1/s1. The van der Waals surface area contributed by atoms with Gasteiger partial charge in [-0.3, -0.25) is 14.4 Å². The lowest BCUT2D eigenvalue weighted by molar-refractivity contribution is -0.144. The van der Waals surface area contributed by atoms with Gasteiger partial charge in [-0.05, 0) is 12.8 Å². The van der Waals surface area contributed by atoms with E-state index in [0.29, 0.717) is 6.42 Å². The van der Waals surface area contributed by atoms with Crippen LogP contribution in [0.4, 0.5) is 0 Å². The Morgan fingerprint density at radius 1 is 0.690 bits per heavy atom. The third-order valence-electron chi connectivity index (χ3n) is 5.77. The van der Waals surface area contributed by atoms with Crippen molar-refractivity contribution in [2.45, 2.75) is 130 Å². The second-order valence-corrected chi connectivity index (χ2v) is 8.93. The van der Waals surface area contributed by atoms with Crippen LogP contribution in [-0.4, -0.2) is 22.6 Å². The lowest BCUT2D eigenvalue weighted by Crippen LogP contribution is -2.20. The molecule has 0 unspecified atom stereocenters. The summed E-state index contributed by atoms with van der Waals surface area (Å²) in [6.07, 6.45) is 17.5. The number of Topliss-reactive ketones (excluding diaryl/α,β-unsaturated/α-hetero) is 2. The van der Waals surface area contributed by atoms with Crippen LogP contribution in [0.2, 0.25) is 0 Å². The van der Waals surface area contributed by atoms with Gasteiger partial charge in [0.25, 0.3) is 0 Å². The van der Waals surface area contributed by atoms with Crippen LogP contribution in [0.5, 0.6) is 0 Å². The Bertz CT molecular complexity index is 442. The molecule has 0 heterocycles. The van der Waals surface area contributed by atoms with E-state index in [1.807, 2.05) is 13.8 Å². The number of aliphatic carboxylic acids is 1. The van der Waals surface area contributed by atoms with Crippen molar-refractivity contribution < 1.29 is 19.5 Å². The van der Waals surface area contributed by atoms with Gasteiger partial charge in [-0.2, -0.15) is 0 Å². The predicted octanol–water partition coefficient (Wildman–Crippen LogP) is 7.13. The minimum atomic E-state index is -0.958. The van der Waals surface area contributed by atoms with Gasteiger partial charge in [-0.1, -0.05) is 97.8 Å². The molecular weight excluding hydrogens is 364 g/mol. The highest BCUT2D eigenvalue weighted by Gasteiger charge is 2.22. The van der Waals surface area contributed by atoms with E-state index in [0.717, 1.165) is 19.3 Å². The molecule has 0 fully saturated rings. The van der Waals surface area contributed by atoms with E-state index in [9.17, 15) is 19.5 Å². The molecule has 29 heavy (non-hydrogen) atoms. The van der Waals surface area contributed by atoms with Crippen molar-refractivity contribution >= 4 is 17.5 Å². The van der Waals surface area contributed by atoms with Crippen molar-refractivity contribution in [1.29, 1.82) is 0 Å². The lowest BCUT2D eigenvalue weighted by Gasteiger charge is -2.12. The van der Waals surface area contributed by atoms with E-state index in [-0.39, 0.29) is 36.7 Å². The number of ketones is 2. The number of hydrogen-bond acceptors (Lipinski definition) is 3. The zero-order chi connectivity index (χ0) is 21.9. The number of carbonyl (C=O) groups excluding carboxylic acids is 2. The summed E-state index contributed by atoms with van der Waals surface area (Å²) in [6.45, 7) is 5.89. The fraction of sp³-hybridized carbons (Fsp3) is 0.880. The van der Waals surface area contributed by atoms with Crippen LogP contribution in [0.1, 0.15) is 130 Å². The van der Waals surface area contributed by atoms with Crippen molar-refractivity contribution in [2.75, 3.05) is 0 Å². The highest BCUT2D eigenvalue weighted by molar-refractivity contribution is 5.85. The van der Waals surface area contributed by atoms with Gasteiger partial charge in [0, 0.05) is 25.2 Å². The Kier molecular flexibility index (Phi) is 18.0. The second kappa shape index (κ2) is 18.8. The van der Waals surface area contributed by atoms with Crippen molar-refractivity contribution in [1.82, 2.24) is 0 Å². The Balaban J connectivity index is 3.64. The maximum absolute atomic E-state index is 12.1. The monoisotopic (exact) mass is 410 g/mol. The maximum Gasteiger partial charge on any atom is 0.306 e. The summed E-state index contributed by atoms with van der Waals surface area (Å²) in [7, 11) is 0. The predicted molar refractivity (Wildman–Crippen MR) is 120 cm³/mol. The third kappa shape index (κ3) is 17.4. The van der Waals surface area contributed by atoms with E-state index in [1.165, 1.54) is 64.2 Å². The molecule has 0 aromatic carbocycles. The van der Waals surface area contributed by atoms with Gasteiger partial charge in [0.05, 0.1) is 5.92 Å². The molecule has 0 rings (SSSR count). The Labute approximate surface area is 179 Å². The number of hydrogen-bond donors (Lipinski definition) is 1. The minimum Gasteiger partial charge on any atom is -0.481 e. The van der Waals surface area contributed by atoms with E-state index < -0.39 is 11.9 Å². The SMILES string of the molecule is CCCCCCCCCCCCCCCC(=O)C[C@@H](CCC(=O)C(C)C)C(=O)O. The van der Waals surface area contributed by atoms with Crippen LogP contribution in [0, 0.1) is 11.8 Å². The number of carboxylic acid groups (broad SMARTS) is 1. The van der Waals surface area contributed by atoms with Crippen molar-refractivity contribution in [3.8, 4) is 0 Å². The number of unbranched alkanes of at least 4 members (excludes halogenated alkanes) is 12. The quantitative estimate of drug-likeness (QED) is 0.204. The van der Waals surface area contributed by atoms with Crippen molar-refractivity contribution in [3.63, 3.8) is 0 Å². The first-order valence-electron chi connectivity index (χ1n) is 12.2. The molecule has 0 bridgehead atoms. The van der Waals surface area contributed by atoms with Crippen LogP contribution in [-0.2, 0) is 14.4 Å². The van der Waals surface area contributed by atoms with Gasteiger partial charge in [0.15, 0.2) is 0 Å². The van der Waals surface area contributed by atoms with Gasteiger partial charge in [-0.15, -0.1) is 0 Å².